The third-order valence-electron chi connectivity index (χ3n) is 4.21. The Labute approximate surface area is 152 Å². The minimum Gasteiger partial charge on any atom is -0.325 e. The number of hydrogen-bond acceptors (Lipinski definition) is 4. The van der Waals surface area contributed by atoms with Gasteiger partial charge in [0.05, 0.1) is 11.6 Å². The maximum atomic E-state index is 10.4. The first-order valence-corrected chi connectivity index (χ1v) is 8.27. The predicted molar refractivity (Wildman–Crippen MR) is 96.5 cm³/mol. The Hall–Kier alpha value is -1.52. The van der Waals surface area contributed by atoms with Crippen LogP contribution in [0.1, 0.15) is 34.1 Å². The van der Waals surface area contributed by atoms with Gasteiger partial charge in [0.15, 0.2) is 6.19 Å². The molecule has 3 N–H and O–H groups in total. The van der Waals surface area contributed by atoms with E-state index in [4.69, 9.17) is 28.5 Å². The highest BCUT2D eigenvalue weighted by atomic mass is 35.5. The summed E-state index contributed by atoms with van der Waals surface area (Å²) in [6.45, 7) is 7.73. The summed E-state index contributed by atoms with van der Waals surface area (Å²) >= 11 is 12.0. The van der Waals surface area contributed by atoms with E-state index in [-0.39, 0.29) is 12.0 Å². The summed E-state index contributed by atoms with van der Waals surface area (Å²) < 4.78 is 0. The van der Waals surface area contributed by atoms with Crippen LogP contribution >= 0.6 is 23.2 Å². The van der Waals surface area contributed by atoms with Gasteiger partial charge in [-0.25, -0.2) is 4.99 Å². The molecule has 1 saturated heterocycles. The summed E-state index contributed by atoms with van der Waals surface area (Å²) in [5, 5.41) is 27.2. The Morgan fingerprint density at radius 2 is 1.88 bits per heavy atom. The Morgan fingerprint density at radius 3 is 2.33 bits per heavy atom. The van der Waals surface area contributed by atoms with Crippen LogP contribution in [0.3, 0.4) is 0 Å². The molecule has 1 heterocycles. The molecule has 1 aromatic rings. The fourth-order valence-corrected chi connectivity index (χ4v) is 3.53. The molecule has 8 heteroatoms. The van der Waals surface area contributed by atoms with Crippen molar-refractivity contribution in [2.24, 2.45) is 4.99 Å². The minimum atomic E-state index is -0.570. The summed E-state index contributed by atoms with van der Waals surface area (Å²) in [6, 6.07) is 4.78. The van der Waals surface area contributed by atoms with Gasteiger partial charge >= 0.3 is 0 Å². The first kappa shape index (κ1) is 18.8. The molecule has 1 unspecified atom stereocenters. The molecule has 1 aliphatic heterocycles. The Kier molecular flexibility index (Phi) is 5.31. The number of guanidine groups is 1. The molecule has 1 aliphatic rings. The largest absolute Gasteiger partial charge is 0.325 e. The van der Waals surface area contributed by atoms with Crippen molar-refractivity contribution in [3.63, 3.8) is 0 Å². The van der Waals surface area contributed by atoms with Gasteiger partial charge < -0.3 is 10.5 Å². The number of aliphatic imine (C=N–C) groups is 1. The first-order chi connectivity index (χ1) is 11.1. The monoisotopic (exact) mass is 369 g/mol. The van der Waals surface area contributed by atoms with Crippen LogP contribution in [0.4, 0.5) is 5.69 Å². The van der Waals surface area contributed by atoms with E-state index in [9.17, 15) is 5.21 Å². The molecule has 2 rings (SSSR count). The van der Waals surface area contributed by atoms with Crippen LogP contribution in [0, 0.1) is 11.5 Å². The van der Waals surface area contributed by atoms with Crippen molar-refractivity contribution in [1.29, 1.82) is 5.26 Å². The van der Waals surface area contributed by atoms with Gasteiger partial charge in [-0.05, 0) is 52.3 Å². The number of rotatable bonds is 2. The van der Waals surface area contributed by atoms with Gasteiger partial charge in [0.25, 0.3) is 0 Å². The Morgan fingerprint density at radius 1 is 1.29 bits per heavy atom. The lowest BCUT2D eigenvalue weighted by Crippen LogP contribution is -2.48. The maximum Gasteiger partial charge on any atom is 0.209 e. The molecule has 24 heavy (non-hydrogen) atoms. The average Bonchev–Trinajstić information content (AvgIpc) is 2.58. The van der Waals surface area contributed by atoms with Crippen LogP contribution in [0.15, 0.2) is 23.2 Å². The third-order valence-corrected chi connectivity index (χ3v) is 4.65. The zero-order valence-corrected chi connectivity index (χ0v) is 15.6. The molecule has 1 fully saturated rings. The van der Waals surface area contributed by atoms with Crippen molar-refractivity contribution in [3.05, 3.63) is 28.2 Å². The zero-order valence-electron chi connectivity index (χ0n) is 14.1. The van der Waals surface area contributed by atoms with Crippen LogP contribution in [-0.4, -0.2) is 33.3 Å². The highest BCUT2D eigenvalue weighted by Gasteiger charge is 2.51. The lowest BCUT2D eigenvalue weighted by atomic mass is 9.95. The highest BCUT2D eigenvalue weighted by molar-refractivity contribution is 6.35. The third kappa shape index (κ3) is 3.93. The molecule has 0 saturated carbocycles. The average molecular weight is 370 g/mol. The molecule has 1 atom stereocenters. The summed E-state index contributed by atoms with van der Waals surface area (Å²) in [6.07, 6.45) is 2.51. The molecular formula is C16H21Cl2N5O. The van der Waals surface area contributed by atoms with E-state index in [0.29, 0.717) is 22.2 Å². The summed E-state index contributed by atoms with van der Waals surface area (Å²) in [5.41, 5.74) is -0.362. The summed E-state index contributed by atoms with van der Waals surface area (Å²) in [5.74, 6) is 0.278. The predicted octanol–water partition coefficient (Wildman–Crippen LogP) is 3.85. The van der Waals surface area contributed by atoms with Crippen LogP contribution in [0.5, 0.6) is 0 Å². The number of halogens is 2. The van der Waals surface area contributed by atoms with Crippen molar-refractivity contribution in [3.8, 4) is 6.19 Å². The van der Waals surface area contributed by atoms with Crippen molar-refractivity contribution in [2.75, 3.05) is 5.32 Å². The van der Waals surface area contributed by atoms with E-state index in [1.807, 2.05) is 33.9 Å². The van der Waals surface area contributed by atoms with Crippen molar-refractivity contribution in [1.82, 2.24) is 10.4 Å². The molecule has 0 aliphatic carbocycles. The number of hydrogen-bond donors (Lipinski definition) is 3. The molecule has 6 nitrogen and oxygen atoms in total. The highest BCUT2D eigenvalue weighted by Crippen LogP contribution is 2.40. The van der Waals surface area contributed by atoms with Gasteiger partial charge in [0, 0.05) is 21.3 Å². The SMILES string of the molecule is CC1(C)CC(N=C(NC#N)Nc2cc(Cl)cc(Cl)c2)C(C)(C)N1O. The smallest absolute Gasteiger partial charge is 0.209 e. The second kappa shape index (κ2) is 6.77. The van der Waals surface area contributed by atoms with Crippen LogP contribution in [-0.2, 0) is 0 Å². The fraction of sp³-hybridized carbons (Fsp3) is 0.500. The van der Waals surface area contributed by atoms with Gasteiger partial charge in [-0.1, -0.05) is 23.2 Å². The number of nitriles is 1. The molecular weight excluding hydrogens is 349 g/mol. The number of nitrogens with one attached hydrogen (secondary N) is 2. The van der Waals surface area contributed by atoms with Crippen molar-refractivity contribution < 1.29 is 5.21 Å². The van der Waals surface area contributed by atoms with E-state index in [1.165, 1.54) is 5.06 Å². The molecule has 130 valence electrons. The summed E-state index contributed by atoms with van der Waals surface area (Å²) in [4.78, 5) is 4.60. The first-order valence-electron chi connectivity index (χ1n) is 7.51. The second-order valence-corrected chi connectivity index (χ2v) is 7.87. The van der Waals surface area contributed by atoms with E-state index >= 15 is 0 Å². The Bertz CT molecular complexity index is 676. The molecule has 0 bridgehead atoms. The van der Waals surface area contributed by atoms with Crippen molar-refractivity contribution >= 4 is 34.8 Å². The number of benzene rings is 1. The number of nitrogens with zero attached hydrogens (tertiary/aromatic N) is 3. The van der Waals surface area contributed by atoms with Gasteiger partial charge in [-0.15, -0.1) is 0 Å². The maximum absolute atomic E-state index is 10.4. The van der Waals surface area contributed by atoms with Gasteiger partial charge in [-0.3, -0.25) is 5.32 Å². The van der Waals surface area contributed by atoms with E-state index in [2.05, 4.69) is 15.6 Å². The van der Waals surface area contributed by atoms with E-state index in [1.54, 1.807) is 18.2 Å². The molecule has 0 amide bonds. The topological polar surface area (TPSA) is 83.7 Å². The van der Waals surface area contributed by atoms with Crippen LogP contribution in [0.25, 0.3) is 0 Å². The molecule has 0 aromatic heterocycles. The van der Waals surface area contributed by atoms with Gasteiger partial charge in [0.2, 0.25) is 5.96 Å². The van der Waals surface area contributed by atoms with Gasteiger partial charge in [-0.2, -0.15) is 10.3 Å². The lowest BCUT2D eigenvalue weighted by Gasteiger charge is -2.35. The molecule has 1 aromatic carbocycles. The van der Waals surface area contributed by atoms with E-state index in [0.717, 1.165) is 0 Å². The lowest BCUT2D eigenvalue weighted by molar-refractivity contribution is -0.193. The van der Waals surface area contributed by atoms with Crippen LogP contribution in [0.2, 0.25) is 10.0 Å². The van der Waals surface area contributed by atoms with E-state index < -0.39 is 11.1 Å². The van der Waals surface area contributed by atoms with Crippen LogP contribution < -0.4 is 10.6 Å². The number of hydroxylamine groups is 2. The fourth-order valence-electron chi connectivity index (χ4n) is 3.00. The quantitative estimate of drug-likeness (QED) is 0.319. The normalized spacial score (nSPS) is 22.9. The zero-order chi connectivity index (χ0) is 18.1. The van der Waals surface area contributed by atoms with Crippen molar-refractivity contribution in [2.45, 2.75) is 51.2 Å². The molecule has 0 radical (unpaired) electrons. The molecule has 0 spiro atoms. The number of anilines is 1. The second-order valence-electron chi connectivity index (χ2n) is 7.00. The Balaban J connectivity index is 2.30. The van der Waals surface area contributed by atoms with Gasteiger partial charge in [0.1, 0.15) is 0 Å². The summed E-state index contributed by atoms with van der Waals surface area (Å²) in [7, 11) is 0. The minimum absolute atomic E-state index is 0.212. The standard InChI is InChI=1S/C16H21Cl2N5O/c1-15(2)8-13(16(3,4)23(15)24)22-14(20-9-19)21-12-6-10(17)5-11(18)7-12/h5-7,13,24H,8H2,1-4H3,(H2,20,21,22).